The normalized spacial score (nSPS) is 18.7. The Balaban J connectivity index is 0.000000322. The maximum Gasteiger partial charge on any atom is 0.319 e. The van der Waals surface area contributed by atoms with Gasteiger partial charge < -0.3 is 44.9 Å². The van der Waals surface area contributed by atoms with Crippen LogP contribution >= 0.6 is 11.6 Å². The minimum absolute atomic E-state index is 0.0226. The maximum atomic E-state index is 15.6. The van der Waals surface area contributed by atoms with Gasteiger partial charge in [0, 0.05) is 79.7 Å². The Labute approximate surface area is 486 Å². The van der Waals surface area contributed by atoms with Crippen LogP contribution in [0.2, 0.25) is 5.02 Å². The number of benzene rings is 4. The molecule has 5 atom stereocenters. The molecule has 432 valence electrons. The third kappa shape index (κ3) is 12.3. The van der Waals surface area contributed by atoms with Crippen LogP contribution in [0, 0.1) is 11.7 Å². The van der Waals surface area contributed by atoms with E-state index in [9.17, 15) is 19.8 Å². The van der Waals surface area contributed by atoms with Crippen LogP contribution in [0.3, 0.4) is 0 Å². The number of aromatic nitrogens is 7. The third-order valence-electron chi connectivity index (χ3n) is 16.3. The van der Waals surface area contributed by atoms with Gasteiger partial charge in [-0.25, -0.2) is 9.07 Å². The van der Waals surface area contributed by atoms with E-state index in [1.54, 1.807) is 47.4 Å². The van der Waals surface area contributed by atoms with Crippen molar-refractivity contribution in [3.63, 3.8) is 0 Å². The Morgan fingerprint density at radius 3 is 2.40 bits per heavy atom. The molecule has 4 aromatic carbocycles. The number of carbonyl (C=O) groups excluding carboxylic acids is 2. The van der Waals surface area contributed by atoms with Crippen LogP contribution in [0.15, 0.2) is 104 Å². The summed E-state index contributed by atoms with van der Waals surface area (Å²) in [6.07, 6.45) is 11.9. The van der Waals surface area contributed by atoms with Gasteiger partial charge in [-0.2, -0.15) is 9.97 Å². The number of phenols is 1. The van der Waals surface area contributed by atoms with Gasteiger partial charge in [-0.05, 0) is 103 Å². The number of piperazine rings is 1. The molecular formula is C63H69ClFN11O7. The van der Waals surface area contributed by atoms with Gasteiger partial charge in [-0.3, -0.25) is 19.6 Å². The molecule has 0 aliphatic carbocycles. The summed E-state index contributed by atoms with van der Waals surface area (Å²) in [5.74, 6) is 0.909. The average Bonchev–Trinajstić information content (AvgIpc) is 2.79. The fourth-order valence-corrected chi connectivity index (χ4v) is 12.2. The number of likely N-dealkylation sites (tertiary alicyclic amines) is 1. The van der Waals surface area contributed by atoms with Crippen LogP contribution < -0.4 is 25.0 Å². The molecule has 0 saturated carbocycles. The zero-order chi connectivity index (χ0) is 57.7. The van der Waals surface area contributed by atoms with Gasteiger partial charge in [-0.15, -0.1) is 5.10 Å². The molecule has 5 unspecified atom stereocenters. The highest BCUT2D eigenvalue weighted by Crippen LogP contribution is 2.44. The quantitative estimate of drug-likeness (QED) is 0.0624. The summed E-state index contributed by atoms with van der Waals surface area (Å²) in [5.41, 5.74) is 6.79. The number of pyridine rings is 2. The zero-order valence-corrected chi connectivity index (χ0v) is 47.8. The van der Waals surface area contributed by atoms with E-state index in [0.717, 1.165) is 86.2 Å². The monoisotopic (exact) mass is 1150 g/mol. The van der Waals surface area contributed by atoms with Crippen molar-refractivity contribution in [3.05, 3.63) is 131 Å². The lowest BCUT2D eigenvalue weighted by molar-refractivity contribution is -0.137. The third-order valence-corrected chi connectivity index (χ3v) is 16.6. The minimum Gasteiger partial charge on any atom is -0.508 e. The van der Waals surface area contributed by atoms with Crippen molar-refractivity contribution >= 4 is 51.4 Å². The van der Waals surface area contributed by atoms with E-state index in [1.807, 2.05) is 80.4 Å². The largest absolute Gasteiger partial charge is 0.508 e. The highest BCUT2D eigenvalue weighted by molar-refractivity contribution is 6.33. The molecule has 4 aromatic heterocycles. The van der Waals surface area contributed by atoms with Crippen LogP contribution in [-0.4, -0.2) is 126 Å². The van der Waals surface area contributed by atoms with Crippen molar-refractivity contribution in [1.82, 2.24) is 50.5 Å². The summed E-state index contributed by atoms with van der Waals surface area (Å²) in [4.78, 5) is 47.9. The smallest absolute Gasteiger partial charge is 0.319 e. The first kappa shape index (κ1) is 57.0. The Morgan fingerprint density at radius 1 is 0.952 bits per heavy atom. The Bertz CT molecular complexity index is 3590. The number of hydrogen-bond acceptors (Lipinski definition) is 15. The first-order valence-electron chi connectivity index (χ1n) is 28.7. The summed E-state index contributed by atoms with van der Waals surface area (Å²) < 4.78 is 36.4. The molecule has 2 amide bonds. The highest BCUT2D eigenvalue weighted by atomic mass is 35.5. The first-order chi connectivity index (χ1) is 40.4. The summed E-state index contributed by atoms with van der Waals surface area (Å²) in [6.45, 7) is 11.6. The number of aliphatic hydroxyl groups is 1. The Morgan fingerprint density at radius 2 is 1.71 bits per heavy atom. The number of rotatable bonds is 17. The van der Waals surface area contributed by atoms with Crippen molar-refractivity contribution in [2.45, 2.75) is 116 Å². The van der Waals surface area contributed by atoms with Crippen LogP contribution in [0.5, 0.6) is 17.5 Å². The predicted molar refractivity (Wildman–Crippen MR) is 316 cm³/mol. The van der Waals surface area contributed by atoms with Crippen molar-refractivity contribution in [2.75, 3.05) is 44.4 Å². The summed E-state index contributed by atoms with van der Waals surface area (Å²) in [6, 6.07) is 25.6. The molecule has 83 heavy (non-hydrogen) atoms. The van der Waals surface area contributed by atoms with Gasteiger partial charge in [0.1, 0.15) is 53.0 Å². The summed E-state index contributed by atoms with van der Waals surface area (Å²) in [7, 11) is 0. The highest BCUT2D eigenvalue weighted by Gasteiger charge is 2.36. The average molecular weight is 1150 g/mol. The fourth-order valence-electron chi connectivity index (χ4n) is 12.0. The van der Waals surface area contributed by atoms with E-state index in [2.05, 4.69) is 37.8 Å². The molecule has 4 saturated heterocycles. The van der Waals surface area contributed by atoms with Crippen molar-refractivity contribution in [3.8, 4) is 51.3 Å². The van der Waals surface area contributed by atoms with Gasteiger partial charge in [0.15, 0.2) is 5.75 Å². The van der Waals surface area contributed by atoms with E-state index in [-0.39, 0.29) is 54.8 Å². The second-order valence-electron chi connectivity index (χ2n) is 22.2. The number of nitrogens with one attached hydrogen (secondary N) is 2. The Kier molecular flexibility index (Phi) is 17.4. The number of ether oxygens (including phenoxy) is 3. The molecule has 4 fully saturated rings. The topological polar surface area (TPSA) is 215 Å². The number of phenolic OH excluding ortho intramolecular Hbond substituents is 1. The lowest BCUT2D eigenvalue weighted by Gasteiger charge is -2.34. The van der Waals surface area contributed by atoms with Crippen molar-refractivity contribution in [2.24, 2.45) is 5.92 Å². The molecule has 0 radical (unpaired) electrons. The second-order valence-corrected chi connectivity index (χ2v) is 22.6. The van der Waals surface area contributed by atoms with Crippen LogP contribution in [0.1, 0.15) is 95.0 Å². The molecule has 4 aliphatic heterocycles. The van der Waals surface area contributed by atoms with E-state index in [4.69, 9.17) is 40.8 Å². The van der Waals surface area contributed by atoms with Gasteiger partial charge in [0.05, 0.1) is 48.2 Å². The fraction of sp³-hybridized carbons (Fsp3) is 0.397. The number of carbonyl (C=O) groups is 2. The lowest BCUT2D eigenvalue weighted by atomic mass is 9.94. The molecular weight excluding hydrogens is 1080 g/mol. The van der Waals surface area contributed by atoms with E-state index < -0.39 is 12.1 Å². The molecule has 12 rings (SSSR count). The number of amides is 2. The molecule has 4 N–H and O–H groups in total. The number of aryl methyl sites for hydroxylation is 1. The number of fused-ring (bicyclic) bond motifs is 4. The van der Waals surface area contributed by atoms with Gasteiger partial charge in [0.25, 0.3) is 0 Å². The molecule has 20 heteroatoms. The van der Waals surface area contributed by atoms with E-state index in [1.165, 1.54) is 6.07 Å². The number of hydrogen-bond donors (Lipinski definition) is 4. The summed E-state index contributed by atoms with van der Waals surface area (Å²) >= 11 is 6.08. The SMILES string of the molecule is CCc1c(F)ccc2cc(O)cc(-c3ncc4c(N5CC6CCC(C5)N6)nc(OC5CCOCC5)nc4c3OCc3ccc(-c4cn(C(C(=O)N5CCCC5C)C(C)C)nn4)cc3)c12.O=CNC(CO)c1ccc(-c2ncccc2Cl)cc1. The van der Waals surface area contributed by atoms with Crippen LogP contribution in [0.4, 0.5) is 10.2 Å². The minimum atomic E-state index is -0.444. The molecule has 4 aliphatic rings. The van der Waals surface area contributed by atoms with Crippen molar-refractivity contribution in [1.29, 1.82) is 0 Å². The number of halogens is 2. The standard InChI is InChI=1S/C49H56FN9O5.C14H13ClN2O2/c1-5-37-40(50)15-12-32-21-35(60)22-38(42(32)37)43-46(44-39(23-51-43)47(57-24-33-13-14-34(25-57)52-33)54-49(53-44)64-36-16-19-62-20-17-36)63-27-30-8-10-31(11-9-30)41-26-59(56-55-41)45(28(2)3)48(61)58-18-6-7-29(58)4;15-12-2-1-7-16-14(12)11-5-3-10(4-6-11)13(8-18)17-9-19/h8-12,15,21-23,26,28-29,33-34,36,45,52,60H,5-7,13-14,16-20,24-25,27H2,1-4H3;1-7,9,13,18H,8H2,(H,17,19). The van der Waals surface area contributed by atoms with Gasteiger partial charge >= 0.3 is 6.01 Å². The Hall–Kier alpha value is -7.84. The molecule has 8 heterocycles. The molecule has 8 aromatic rings. The second kappa shape index (κ2) is 25.3. The molecule has 0 spiro atoms. The predicted octanol–water partition coefficient (Wildman–Crippen LogP) is 9.98. The van der Waals surface area contributed by atoms with Gasteiger partial charge in [-0.1, -0.05) is 92.2 Å². The number of nitrogens with zero attached hydrogens (tertiary/aromatic N) is 9. The number of anilines is 1. The lowest BCUT2D eigenvalue weighted by Crippen LogP contribution is -2.51. The summed E-state index contributed by atoms with van der Waals surface area (Å²) in [5, 5.41) is 38.2. The zero-order valence-electron chi connectivity index (χ0n) is 47.0. The first-order valence-corrected chi connectivity index (χ1v) is 29.1. The van der Waals surface area contributed by atoms with Crippen molar-refractivity contribution < 1.29 is 38.4 Å². The van der Waals surface area contributed by atoms with Crippen LogP contribution in [0.25, 0.3) is 55.4 Å². The number of aliphatic hydroxyl groups excluding tert-OH is 1. The van der Waals surface area contributed by atoms with Crippen LogP contribution in [-0.2, 0) is 27.4 Å². The van der Waals surface area contributed by atoms with E-state index >= 15 is 4.39 Å². The number of aromatic hydroxyl groups is 1. The molecule has 18 nitrogen and oxygen atoms in total. The van der Waals surface area contributed by atoms with Gasteiger partial charge in [0.2, 0.25) is 12.3 Å². The molecule has 2 bridgehead atoms. The maximum absolute atomic E-state index is 15.6. The van der Waals surface area contributed by atoms with E-state index in [0.29, 0.717) is 98.8 Å².